The summed E-state index contributed by atoms with van der Waals surface area (Å²) >= 11 is 0. The Balaban J connectivity index is 1.76. The predicted octanol–water partition coefficient (Wildman–Crippen LogP) is 4.77. The Labute approximate surface area is 153 Å². The fourth-order valence-electron chi connectivity index (χ4n) is 2.38. The zero-order valence-corrected chi connectivity index (χ0v) is 15.2. The van der Waals surface area contributed by atoms with Crippen molar-refractivity contribution in [1.82, 2.24) is 0 Å². The molecule has 132 valence electrons. The fourth-order valence-corrected chi connectivity index (χ4v) is 3.32. The van der Waals surface area contributed by atoms with Gasteiger partial charge in [0, 0.05) is 6.21 Å². The van der Waals surface area contributed by atoms with E-state index in [-0.39, 0.29) is 10.6 Å². The molecule has 0 aliphatic rings. The first-order valence-corrected chi connectivity index (χ1v) is 9.70. The minimum absolute atomic E-state index is 0.120. The van der Waals surface area contributed by atoms with Crippen molar-refractivity contribution in [2.24, 2.45) is 4.99 Å². The molecule has 0 spiro atoms. The van der Waals surface area contributed by atoms with Gasteiger partial charge in [0.15, 0.2) is 0 Å². The van der Waals surface area contributed by atoms with E-state index in [4.69, 9.17) is 4.18 Å². The summed E-state index contributed by atoms with van der Waals surface area (Å²) in [7, 11) is -3.85. The van der Waals surface area contributed by atoms with Gasteiger partial charge >= 0.3 is 10.1 Å². The lowest BCUT2D eigenvalue weighted by Gasteiger charge is -2.07. The van der Waals surface area contributed by atoms with Crippen LogP contribution in [0.15, 0.2) is 88.8 Å². The van der Waals surface area contributed by atoms with Gasteiger partial charge in [-0.05, 0) is 53.9 Å². The third-order valence-electron chi connectivity index (χ3n) is 3.80. The van der Waals surface area contributed by atoms with Crippen LogP contribution in [0.4, 0.5) is 5.69 Å². The summed E-state index contributed by atoms with van der Waals surface area (Å²) in [5, 5.41) is 0. The summed E-state index contributed by atoms with van der Waals surface area (Å²) in [6, 6.07) is 22.9. The van der Waals surface area contributed by atoms with Gasteiger partial charge in [0.25, 0.3) is 0 Å². The number of hydrogen-bond donors (Lipinski definition) is 0. The van der Waals surface area contributed by atoms with Crippen molar-refractivity contribution in [3.05, 3.63) is 90.0 Å². The Morgan fingerprint density at radius 1 is 0.923 bits per heavy atom. The average molecular weight is 365 g/mol. The molecular formula is C21H19NO3S. The van der Waals surface area contributed by atoms with Crippen molar-refractivity contribution in [3.8, 4) is 5.75 Å². The largest absolute Gasteiger partial charge is 0.379 e. The van der Waals surface area contributed by atoms with E-state index in [0.29, 0.717) is 0 Å². The molecule has 0 heterocycles. The minimum Gasteiger partial charge on any atom is -0.379 e. The normalized spacial score (nSPS) is 11.6. The number of aliphatic imine (C=N–C) groups is 1. The second kappa shape index (κ2) is 7.97. The van der Waals surface area contributed by atoms with Crippen LogP contribution in [0.2, 0.25) is 0 Å². The van der Waals surface area contributed by atoms with E-state index in [1.165, 1.54) is 17.7 Å². The molecule has 0 N–H and O–H groups in total. The highest BCUT2D eigenvalue weighted by Crippen LogP contribution is 2.20. The van der Waals surface area contributed by atoms with Crippen LogP contribution in [0.5, 0.6) is 5.75 Å². The molecule has 4 nitrogen and oxygen atoms in total. The van der Waals surface area contributed by atoms with Crippen molar-refractivity contribution in [2.45, 2.75) is 18.2 Å². The molecule has 0 amide bonds. The zero-order valence-electron chi connectivity index (χ0n) is 14.4. The van der Waals surface area contributed by atoms with Gasteiger partial charge in [0.05, 0.1) is 5.69 Å². The number of nitrogens with zero attached hydrogens (tertiary/aromatic N) is 1. The van der Waals surface area contributed by atoms with Crippen molar-refractivity contribution in [3.63, 3.8) is 0 Å². The number of aryl methyl sites for hydroxylation is 1. The molecule has 5 heteroatoms. The lowest BCUT2D eigenvalue weighted by atomic mass is 10.1. The lowest BCUT2D eigenvalue weighted by molar-refractivity contribution is 0.486. The molecule has 0 aliphatic carbocycles. The van der Waals surface area contributed by atoms with Crippen LogP contribution in [-0.4, -0.2) is 14.6 Å². The Kier molecular flexibility index (Phi) is 5.49. The fraction of sp³-hybridized carbons (Fsp3) is 0.0952. The summed E-state index contributed by atoms with van der Waals surface area (Å²) in [6.07, 6.45) is 2.67. The molecular weight excluding hydrogens is 346 g/mol. The first-order valence-electron chi connectivity index (χ1n) is 8.29. The lowest BCUT2D eigenvalue weighted by Crippen LogP contribution is -2.09. The number of benzene rings is 3. The molecule has 3 rings (SSSR count). The van der Waals surface area contributed by atoms with Crippen LogP contribution >= 0.6 is 0 Å². The van der Waals surface area contributed by atoms with Crippen LogP contribution in [0, 0.1) is 0 Å². The van der Waals surface area contributed by atoms with Crippen LogP contribution < -0.4 is 4.18 Å². The van der Waals surface area contributed by atoms with Gasteiger partial charge in [0.2, 0.25) is 0 Å². The Bertz CT molecular complexity index is 995. The average Bonchev–Trinajstić information content (AvgIpc) is 2.67. The van der Waals surface area contributed by atoms with Crippen LogP contribution in [0.3, 0.4) is 0 Å². The first kappa shape index (κ1) is 17.9. The molecule has 0 atom stereocenters. The molecule has 0 saturated heterocycles. The third kappa shape index (κ3) is 4.58. The van der Waals surface area contributed by atoms with E-state index in [0.717, 1.165) is 17.7 Å². The summed E-state index contributed by atoms with van der Waals surface area (Å²) in [4.78, 5) is 4.54. The molecule has 0 unspecified atom stereocenters. The molecule has 0 aromatic heterocycles. The Morgan fingerprint density at radius 3 is 2.35 bits per heavy atom. The van der Waals surface area contributed by atoms with E-state index in [1.54, 1.807) is 42.6 Å². The molecule has 0 saturated carbocycles. The van der Waals surface area contributed by atoms with Gasteiger partial charge in [-0.1, -0.05) is 49.4 Å². The van der Waals surface area contributed by atoms with Gasteiger partial charge in [-0.3, -0.25) is 4.99 Å². The number of hydrogen-bond acceptors (Lipinski definition) is 4. The second-order valence-corrected chi connectivity index (χ2v) is 7.25. The van der Waals surface area contributed by atoms with Crippen LogP contribution in [0.1, 0.15) is 18.1 Å². The SMILES string of the molecule is CCc1ccc(N=Cc2cccc(OS(=O)(=O)c3ccccc3)c2)cc1. The third-order valence-corrected chi connectivity index (χ3v) is 5.06. The minimum atomic E-state index is -3.85. The highest BCUT2D eigenvalue weighted by Gasteiger charge is 2.15. The van der Waals surface area contributed by atoms with Crippen molar-refractivity contribution < 1.29 is 12.6 Å². The molecule has 0 aliphatic heterocycles. The van der Waals surface area contributed by atoms with Crippen molar-refractivity contribution >= 4 is 22.0 Å². The molecule has 0 bridgehead atoms. The van der Waals surface area contributed by atoms with Gasteiger partial charge < -0.3 is 4.18 Å². The standard InChI is InChI=1S/C21H19NO3S/c1-2-17-11-13-19(14-12-17)22-16-18-7-6-8-20(15-18)25-26(23,24)21-9-4-3-5-10-21/h3-16H,2H2,1H3. The summed E-state index contributed by atoms with van der Waals surface area (Å²) in [6.45, 7) is 2.10. The second-order valence-electron chi connectivity index (χ2n) is 5.70. The van der Waals surface area contributed by atoms with Crippen LogP contribution in [-0.2, 0) is 16.5 Å². The van der Waals surface area contributed by atoms with Crippen molar-refractivity contribution in [2.75, 3.05) is 0 Å². The molecule has 0 radical (unpaired) electrons. The quantitative estimate of drug-likeness (QED) is 0.467. The predicted molar refractivity (Wildman–Crippen MR) is 104 cm³/mol. The van der Waals surface area contributed by atoms with E-state index in [9.17, 15) is 8.42 Å². The maximum absolute atomic E-state index is 12.3. The van der Waals surface area contributed by atoms with E-state index in [1.807, 2.05) is 30.3 Å². The van der Waals surface area contributed by atoms with Gasteiger partial charge in [-0.2, -0.15) is 8.42 Å². The monoisotopic (exact) mass is 365 g/mol. The maximum Gasteiger partial charge on any atom is 0.339 e. The maximum atomic E-state index is 12.3. The molecule has 26 heavy (non-hydrogen) atoms. The summed E-state index contributed by atoms with van der Waals surface area (Å²) in [5.41, 5.74) is 2.85. The Morgan fingerprint density at radius 2 is 1.65 bits per heavy atom. The van der Waals surface area contributed by atoms with E-state index in [2.05, 4.69) is 11.9 Å². The van der Waals surface area contributed by atoms with Gasteiger partial charge in [-0.25, -0.2) is 0 Å². The topological polar surface area (TPSA) is 55.7 Å². The Hall–Kier alpha value is -2.92. The molecule has 0 fully saturated rings. The van der Waals surface area contributed by atoms with E-state index < -0.39 is 10.1 Å². The van der Waals surface area contributed by atoms with E-state index >= 15 is 0 Å². The smallest absolute Gasteiger partial charge is 0.339 e. The van der Waals surface area contributed by atoms with Gasteiger partial charge in [0.1, 0.15) is 10.6 Å². The number of rotatable bonds is 6. The molecule has 3 aromatic rings. The summed E-state index contributed by atoms with van der Waals surface area (Å²) < 4.78 is 29.8. The molecule has 3 aromatic carbocycles. The zero-order chi connectivity index (χ0) is 18.4. The summed E-state index contributed by atoms with van der Waals surface area (Å²) in [5.74, 6) is 0.249. The van der Waals surface area contributed by atoms with Crippen molar-refractivity contribution in [1.29, 1.82) is 0 Å². The van der Waals surface area contributed by atoms with Crippen LogP contribution in [0.25, 0.3) is 0 Å². The first-order chi connectivity index (χ1) is 12.6. The van der Waals surface area contributed by atoms with Gasteiger partial charge in [-0.15, -0.1) is 0 Å². The highest BCUT2D eigenvalue weighted by molar-refractivity contribution is 7.87. The highest BCUT2D eigenvalue weighted by atomic mass is 32.2.